The van der Waals surface area contributed by atoms with Crippen LogP contribution in [0.5, 0.6) is 0 Å². The fourth-order valence-electron chi connectivity index (χ4n) is 1.47. The van der Waals surface area contributed by atoms with Gasteiger partial charge in [-0.3, -0.25) is 4.79 Å². The van der Waals surface area contributed by atoms with Gasteiger partial charge in [-0.15, -0.1) is 12.4 Å². The third kappa shape index (κ3) is 4.21. The van der Waals surface area contributed by atoms with Gasteiger partial charge in [0.05, 0.1) is 0 Å². The van der Waals surface area contributed by atoms with Gasteiger partial charge in [0.15, 0.2) is 0 Å². The second-order valence-corrected chi connectivity index (χ2v) is 3.72. The van der Waals surface area contributed by atoms with Crippen molar-refractivity contribution in [2.75, 3.05) is 13.1 Å². The molecule has 0 spiro atoms. The summed E-state index contributed by atoms with van der Waals surface area (Å²) >= 11 is 0. The van der Waals surface area contributed by atoms with E-state index in [4.69, 9.17) is 5.73 Å². The van der Waals surface area contributed by atoms with Gasteiger partial charge in [0.25, 0.3) is 5.91 Å². The molecule has 0 radical (unpaired) electrons. The van der Waals surface area contributed by atoms with Crippen molar-refractivity contribution in [2.24, 2.45) is 5.73 Å². The number of hydrogen-bond donors (Lipinski definition) is 2. The summed E-state index contributed by atoms with van der Waals surface area (Å²) in [5.74, 6) is -0.0130. The first kappa shape index (κ1) is 14.9. The third-order valence-corrected chi connectivity index (χ3v) is 2.29. The van der Waals surface area contributed by atoms with Crippen LogP contribution in [0.1, 0.15) is 27.9 Å². The number of nitrogens with two attached hydrogens (primary N) is 1. The van der Waals surface area contributed by atoms with E-state index in [1.165, 1.54) is 5.56 Å². The number of aryl methyl sites for hydroxylation is 2. The second-order valence-electron chi connectivity index (χ2n) is 3.72. The Morgan fingerprint density at radius 1 is 1.38 bits per heavy atom. The molecule has 0 aromatic heterocycles. The van der Waals surface area contributed by atoms with Crippen LogP contribution in [0.4, 0.5) is 0 Å². The lowest BCUT2D eigenvalue weighted by Crippen LogP contribution is -2.26. The van der Waals surface area contributed by atoms with E-state index in [0.717, 1.165) is 17.5 Å². The van der Waals surface area contributed by atoms with Crippen LogP contribution in [0, 0.1) is 13.8 Å². The fraction of sp³-hybridized carbons (Fsp3) is 0.417. The molecule has 3 nitrogen and oxygen atoms in total. The van der Waals surface area contributed by atoms with Gasteiger partial charge in [-0.2, -0.15) is 0 Å². The Labute approximate surface area is 103 Å². The van der Waals surface area contributed by atoms with E-state index in [9.17, 15) is 4.79 Å². The maximum Gasteiger partial charge on any atom is 0.251 e. The number of amides is 1. The Balaban J connectivity index is 0.00000225. The molecule has 16 heavy (non-hydrogen) atoms. The molecule has 0 fully saturated rings. The van der Waals surface area contributed by atoms with E-state index in [2.05, 4.69) is 5.32 Å². The van der Waals surface area contributed by atoms with Crippen LogP contribution in [-0.2, 0) is 0 Å². The quantitative estimate of drug-likeness (QED) is 0.792. The van der Waals surface area contributed by atoms with Crippen molar-refractivity contribution in [3.05, 3.63) is 34.9 Å². The minimum absolute atomic E-state index is 0. The van der Waals surface area contributed by atoms with Crippen molar-refractivity contribution < 1.29 is 4.79 Å². The molecule has 90 valence electrons. The highest BCUT2D eigenvalue weighted by atomic mass is 35.5. The summed E-state index contributed by atoms with van der Waals surface area (Å²) in [6.45, 7) is 5.21. The lowest BCUT2D eigenvalue weighted by atomic mass is 10.1. The molecule has 0 aliphatic rings. The van der Waals surface area contributed by atoms with Crippen molar-refractivity contribution >= 4 is 18.3 Å². The predicted octanol–water partition coefficient (Wildman–Crippen LogP) is 1.80. The molecule has 0 saturated carbocycles. The van der Waals surface area contributed by atoms with Gasteiger partial charge in [0, 0.05) is 12.1 Å². The van der Waals surface area contributed by atoms with Gasteiger partial charge >= 0.3 is 0 Å². The van der Waals surface area contributed by atoms with Crippen molar-refractivity contribution in [1.82, 2.24) is 5.32 Å². The van der Waals surface area contributed by atoms with Crippen LogP contribution < -0.4 is 11.1 Å². The highest BCUT2D eigenvalue weighted by molar-refractivity contribution is 5.95. The number of carbonyl (C=O) groups excluding carboxylic acids is 1. The number of rotatable bonds is 4. The van der Waals surface area contributed by atoms with Crippen molar-refractivity contribution in [3.63, 3.8) is 0 Å². The molecule has 0 heterocycles. The summed E-state index contributed by atoms with van der Waals surface area (Å²) in [4.78, 5) is 11.7. The average Bonchev–Trinajstić information content (AvgIpc) is 2.17. The van der Waals surface area contributed by atoms with Crippen LogP contribution >= 0.6 is 12.4 Å². The Morgan fingerprint density at radius 2 is 2.06 bits per heavy atom. The maximum absolute atomic E-state index is 11.7. The smallest absolute Gasteiger partial charge is 0.251 e. The Bertz CT molecular complexity index is 353. The highest BCUT2D eigenvalue weighted by Gasteiger charge is 2.07. The first-order valence-electron chi connectivity index (χ1n) is 5.20. The molecule has 0 bridgehead atoms. The van der Waals surface area contributed by atoms with E-state index < -0.39 is 0 Å². The van der Waals surface area contributed by atoms with E-state index in [0.29, 0.717) is 13.1 Å². The molecule has 4 heteroatoms. The largest absolute Gasteiger partial charge is 0.352 e. The lowest BCUT2D eigenvalue weighted by Gasteiger charge is -2.07. The van der Waals surface area contributed by atoms with Crippen molar-refractivity contribution in [1.29, 1.82) is 0 Å². The van der Waals surface area contributed by atoms with Crippen molar-refractivity contribution in [2.45, 2.75) is 20.3 Å². The Hall–Kier alpha value is -1.06. The van der Waals surface area contributed by atoms with Crippen molar-refractivity contribution in [3.8, 4) is 0 Å². The molecular formula is C12H19ClN2O. The lowest BCUT2D eigenvalue weighted by molar-refractivity contribution is 0.0953. The SMILES string of the molecule is Cc1ccc(C(=O)NCCCN)c(C)c1.Cl. The summed E-state index contributed by atoms with van der Waals surface area (Å²) in [7, 11) is 0. The molecule has 0 aliphatic heterocycles. The first-order chi connectivity index (χ1) is 7.15. The standard InChI is InChI=1S/C12H18N2O.ClH/c1-9-4-5-11(10(2)8-9)12(15)14-7-3-6-13;/h4-5,8H,3,6-7,13H2,1-2H3,(H,14,15);1H. The molecule has 0 saturated heterocycles. The number of benzene rings is 1. The molecular weight excluding hydrogens is 224 g/mol. The topological polar surface area (TPSA) is 55.1 Å². The van der Waals surface area contributed by atoms with Crippen LogP contribution in [0.3, 0.4) is 0 Å². The van der Waals surface area contributed by atoms with Crippen LogP contribution in [0.15, 0.2) is 18.2 Å². The summed E-state index contributed by atoms with van der Waals surface area (Å²) in [5, 5.41) is 2.84. The van der Waals surface area contributed by atoms with Gasteiger partial charge in [0.2, 0.25) is 0 Å². The second kappa shape index (κ2) is 7.25. The van der Waals surface area contributed by atoms with E-state index in [-0.39, 0.29) is 18.3 Å². The Morgan fingerprint density at radius 3 is 2.62 bits per heavy atom. The number of carbonyl (C=O) groups is 1. The number of halogens is 1. The normalized spacial score (nSPS) is 9.44. The average molecular weight is 243 g/mol. The summed E-state index contributed by atoms with van der Waals surface area (Å²) in [6.07, 6.45) is 0.816. The number of nitrogens with one attached hydrogen (secondary N) is 1. The van der Waals surface area contributed by atoms with Crippen LogP contribution in [-0.4, -0.2) is 19.0 Å². The van der Waals surface area contributed by atoms with E-state index in [1.54, 1.807) is 0 Å². The zero-order chi connectivity index (χ0) is 11.3. The van der Waals surface area contributed by atoms with Crippen LogP contribution in [0.25, 0.3) is 0 Å². The van der Waals surface area contributed by atoms with Gasteiger partial charge in [-0.05, 0) is 38.4 Å². The zero-order valence-corrected chi connectivity index (χ0v) is 10.6. The van der Waals surface area contributed by atoms with Gasteiger partial charge < -0.3 is 11.1 Å². The predicted molar refractivity (Wildman–Crippen MR) is 69.2 cm³/mol. The number of hydrogen-bond acceptors (Lipinski definition) is 2. The van der Waals surface area contributed by atoms with Gasteiger partial charge in [-0.1, -0.05) is 17.7 Å². The molecule has 0 unspecified atom stereocenters. The van der Waals surface area contributed by atoms with E-state index in [1.807, 2.05) is 32.0 Å². The first-order valence-corrected chi connectivity index (χ1v) is 5.20. The third-order valence-electron chi connectivity index (χ3n) is 2.29. The van der Waals surface area contributed by atoms with Gasteiger partial charge in [-0.25, -0.2) is 0 Å². The van der Waals surface area contributed by atoms with E-state index >= 15 is 0 Å². The summed E-state index contributed by atoms with van der Waals surface area (Å²) < 4.78 is 0. The minimum Gasteiger partial charge on any atom is -0.352 e. The summed E-state index contributed by atoms with van der Waals surface area (Å²) in [5.41, 5.74) is 8.29. The molecule has 0 aliphatic carbocycles. The van der Waals surface area contributed by atoms with Gasteiger partial charge in [0.1, 0.15) is 0 Å². The molecule has 0 atom stereocenters. The summed E-state index contributed by atoms with van der Waals surface area (Å²) in [6, 6.07) is 5.82. The zero-order valence-electron chi connectivity index (χ0n) is 9.75. The molecule has 1 aromatic rings. The Kier molecular flexibility index (Phi) is 6.77. The fourth-order valence-corrected chi connectivity index (χ4v) is 1.47. The minimum atomic E-state index is -0.0130. The highest BCUT2D eigenvalue weighted by Crippen LogP contribution is 2.10. The maximum atomic E-state index is 11.7. The van der Waals surface area contributed by atoms with Crippen LogP contribution in [0.2, 0.25) is 0 Å². The monoisotopic (exact) mass is 242 g/mol. The molecule has 1 aromatic carbocycles. The molecule has 3 N–H and O–H groups in total. The molecule has 1 rings (SSSR count). The molecule has 1 amide bonds.